The van der Waals surface area contributed by atoms with Gasteiger partial charge in [-0.05, 0) is 30.7 Å². The molecule has 1 aliphatic rings. The van der Waals surface area contributed by atoms with Crippen LogP contribution in [0.3, 0.4) is 0 Å². The number of quaternary nitrogens is 1. The van der Waals surface area contributed by atoms with Gasteiger partial charge in [0.2, 0.25) is 5.82 Å². The first kappa shape index (κ1) is 16.9. The Kier molecular flexibility index (Phi) is 4.82. The molecule has 4 nitrogen and oxygen atoms in total. The van der Waals surface area contributed by atoms with Gasteiger partial charge in [0.05, 0.1) is 11.9 Å². The van der Waals surface area contributed by atoms with E-state index < -0.39 is 0 Å². The molecule has 5 heteroatoms. The van der Waals surface area contributed by atoms with Gasteiger partial charge in [-0.1, -0.05) is 36.4 Å². The number of para-hydroxylation sites is 2. The number of hydrogen-bond donors (Lipinski definition) is 1. The molecular weight excluding hydrogens is 411 g/mol. The Morgan fingerprint density at radius 3 is 2.46 bits per heavy atom. The summed E-state index contributed by atoms with van der Waals surface area (Å²) in [5, 5.41) is 0. The molecule has 24 heavy (non-hydrogen) atoms. The van der Waals surface area contributed by atoms with Crippen molar-refractivity contribution in [2.75, 3.05) is 4.90 Å². The normalized spacial score (nSPS) is 18.8. The minimum atomic E-state index is 0. The molecule has 2 heterocycles. The minimum absolute atomic E-state index is 0. The van der Waals surface area contributed by atoms with E-state index in [9.17, 15) is 0 Å². The van der Waals surface area contributed by atoms with Gasteiger partial charge in [0.15, 0.2) is 11.9 Å². The van der Waals surface area contributed by atoms with Crippen molar-refractivity contribution in [2.24, 2.45) is 0 Å². The lowest BCUT2D eigenvalue weighted by Crippen LogP contribution is -3.06. The zero-order chi connectivity index (χ0) is 15.8. The fourth-order valence-corrected chi connectivity index (χ4v) is 3.41. The third-order valence-electron chi connectivity index (χ3n) is 4.47. The number of hydrogen-bond acceptors (Lipinski definition) is 3. The van der Waals surface area contributed by atoms with E-state index in [1.54, 1.807) is 6.33 Å². The van der Waals surface area contributed by atoms with Crippen LogP contribution >= 0.6 is 0 Å². The third kappa shape index (κ3) is 2.67. The van der Waals surface area contributed by atoms with Crippen LogP contribution in [0.4, 0.5) is 22.9 Å². The largest absolute Gasteiger partial charge is 1.00 e. The van der Waals surface area contributed by atoms with Gasteiger partial charge in [0.1, 0.15) is 12.0 Å². The van der Waals surface area contributed by atoms with Crippen molar-refractivity contribution in [3.8, 4) is 0 Å². The minimum Gasteiger partial charge on any atom is -1.00 e. The predicted molar refractivity (Wildman–Crippen MR) is 91.5 cm³/mol. The van der Waals surface area contributed by atoms with E-state index in [-0.39, 0.29) is 30.1 Å². The number of fused-ring (bicyclic) bond motifs is 1. The fourth-order valence-electron chi connectivity index (χ4n) is 3.41. The van der Waals surface area contributed by atoms with Crippen molar-refractivity contribution >= 4 is 22.9 Å². The van der Waals surface area contributed by atoms with Crippen LogP contribution in [-0.2, 0) is 0 Å². The highest BCUT2D eigenvalue weighted by atomic mass is 127. The Hall–Kier alpha value is -1.99. The van der Waals surface area contributed by atoms with E-state index in [0.717, 1.165) is 11.5 Å². The summed E-state index contributed by atoms with van der Waals surface area (Å²) < 4.78 is 0. The van der Waals surface area contributed by atoms with Crippen LogP contribution in [0.15, 0.2) is 67.1 Å². The second-order valence-electron chi connectivity index (χ2n) is 5.87. The van der Waals surface area contributed by atoms with Crippen molar-refractivity contribution in [1.82, 2.24) is 9.97 Å². The molecule has 0 aliphatic carbocycles. The number of halogens is 1. The number of nitrogens with one attached hydrogen (secondary N) is 1. The van der Waals surface area contributed by atoms with Crippen molar-refractivity contribution in [1.29, 1.82) is 0 Å². The molecular formula is C19H19IN4. The smallest absolute Gasteiger partial charge is 0.203 e. The number of rotatable bonds is 2. The van der Waals surface area contributed by atoms with Gasteiger partial charge in [-0.25, -0.2) is 14.9 Å². The van der Waals surface area contributed by atoms with Crippen molar-refractivity contribution in [3.05, 3.63) is 72.7 Å². The van der Waals surface area contributed by atoms with Crippen LogP contribution in [0, 0.1) is 6.92 Å². The number of aromatic nitrogens is 2. The number of benzene rings is 2. The molecule has 2 atom stereocenters. The van der Waals surface area contributed by atoms with Crippen LogP contribution in [-0.4, -0.2) is 16.1 Å². The molecule has 2 aromatic carbocycles. The van der Waals surface area contributed by atoms with Crippen LogP contribution in [0.2, 0.25) is 0 Å². The zero-order valence-corrected chi connectivity index (χ0v) is 15.8. The van der Waals surface area contributed by atoms with Crippen LogP contribution < -0.4 is 33.8 Å². The summed E-state index contributed by atoms with van der Waals surface area (Å²) in [4.78, 5) is 12.4. The molecule has 0 amide bonds. The van der Waals surface area contributed by atoms with E-state index in [2.05, 4.69) is 77.2 Å². The lowest BCUT2D eigenvalue weighted by molar-refractivity contribution is -0.780. The van der Waals surface area contributed by atoms with Crippen molar-refractivity contribution in [3.63, 3.8) is 0 Å². The molecule has 1 aromatic heterocycles. The Balaban J connectivity index is 0.00000169. The first-order valence-electron chi connectivity index (χ1n) is 7.85. The Morgan fingerprint density at radius 1 is 1.00 bits per heavy atom. The Bertz CT molecular complexity index is 838. The maximum Gasteiger partial charge on any atom is 0.203 e. The summed E-state index contributed by atoms with van der Waals surface area (Å²) in [5.41, 5.74) is 4.80. The molecule has 1 N–H and O–H groups in total. The summed E-state index contributed by atoms with van der Waals surface area (Å²) in [6, 6.07) is 19.0. The zero-order valence-electron chi connectivity index (χ0n) is 13.6. The van der Waals surface area contributed by atoms with Crippen LogP contribution in [0.25, 0.3) is 0 Å². The second kappa shape index (κ2) is 6.86. The van der Waals surface area contributed by atoms with E-state index in [1.807, 2.05) is 12.3 Å². The van der Waals surface area contributed by atoms with Gasteiger partial charge < -0.3 is 24.0 Å². The molecule has 0 fully saturated rings. The number of anilines is 2. The van der Waals surface area contributed by atoms with Gasteiger partial charge in [0, 0.05) is 6.92 Å². The van der Waals surface area contributed by atoms with Gasteiger partial charge in [-0.3, -0.25) is 4.90 Å². The molecule has 4 rings (SSSR count). The summed E-state index contributed by atoms with van der Waals surface area (Å²) in [5.74, 6) is 0.987. The first-order chi connectivity index (χ1) is 11.3. The summed E-state index contributed by atoms with van der Waals surface area (Å²) in [6.45, 7) is 4.37. The van der Waals surface area contributed by atoms with E-state index >= 15 is 0 Å². The summed E-state index contributed by atoms with van der Waals surface area (Å²) >= 11 is 0. The lowest BCUT2D eigenvalue weighted by Gasteiger charge is -2.25. The van der Waals surface area contributed by atoms with Gasteiger partial charge in [-0.15, -0.1) is 0 Å². The maximum atomic E-state index is 4.58. The second-order valence-corrected chi connectivity index (χ2v) is 5.87. The highest BCUT2D eigenvalue weighted by molar-refractivity contribution is 5.73. The fraction of sp³-hybridized carbons (Fsp3) is 0.158. The highest BCUT2D eigenvalue weighted by Crippen LogP contribution is 2.36. The summed E-state index contributed by atoms with van der Waals surface area (Å²) in [6.07, 6.45) is 3.77. The molecule has 0 radical (unpaired) electrons. The van der Waals surface area contributed by atoms with E-state index in [1.165, 1.54) is 21.8 Å². The molecule has 122 valence electrons. The first-order valence-corrected chi connectivity index (χ1v) is 7.85. The molecule has 0 saturated heterocycles. The topological polar surface area (TPSA) is 33.5 Å². The van der Waals surface area contributed by atoms with Gasteiger partial charge in [0.25, 0.3) is 0 Å². The average molecular weight is 430 g/mol. The van der Waals surface area contributed by atoms with Crippen molar-refractivity contribution < 1.29 is 28.9 Å². The van der Waals surface area contributed by atoms with Crippen molar-refractivity contribution in [2.45, 2.75) is 20.0 Å². The SMILES string of the molecule is Cc1ccccc1N1c2ncncc2[NH+](c2ccccc2)[C@@H]1C.[I-]. The van der Waals surface area contributed by atoms with Gasteiger partial charge in [-0.2, -0.15) is 0 Å². The van der Waals surface area contributed by atoms with Gasteiger partial charge >= 0.3 is 0 Å². The Morgan fingerprint density at radius 2 is 1.71 bits per heavy atom. The Labute approximate surface area is 159 Å². The standard InChI is InChI=1S/C19H18N4.HI/c1-14-8-6-7-11-17(14)23-15(2)22(16-9-4-3-5-10-16)18-12-20-13-21-19(18)23;/h3-13,15H,1-2H3;1H/t15-;/m0./s1. The van der Waals surface area contributed by atoms with E-state index in [4.69, 9.17) is 0 Å². The number of aryl methyl sites for hydroxylation is 1. The molecule has 0 spiro atoms. The number of nitrogens with zero attached hydrogens (tertiary/aromatic N) is 3. The van der Waals surface area contributed by atoms with E-state index in [0.29, 0.717) is 0 Å². The quantitative estimate of drug-likeness (QED) is 0.588. The lowest BCUT2D eigenvalue weighted by atomic mass is 10.2. The molecule has 0 bridgehead atoms. The molecule has 0 saturated carbocycles. The van der Waals surface area contributed by atoms with Crippen LogP contribution in [0.1, 0.15) is 12.5 Å². The third-order valence-corrected chi connectivity index (χ3v) is 4.47. The monoisotopic (exact) mass is 430 g/mol. The highest BCUT2D eigenvalue weighted by Gasteiger charge is 2.41. The maximum absolute atomic E-state index is 4.58. The molecule has 1 aliphatic heterocycles. The molecule has 3 aromatic rings. The predicted octanol–water partition coefficient (Wildman–Crippen LogP) is 0.135. The average Bonchev–Trinajstić information content (AvgIpc) is 2.88. The summed E-state index contributed by atoms with van der Waals surface area (Å²) in [7, 11) is 0. The van der Waals surface area contributed by atoms with Crippen LogP contribution in [0.5, 0.6) is 0 Å². The molecule has 1 unspecified atom stereocenters.